The fourth-order valence-corrected chi connectivity index (χ4v) is 1.30. The standard InChI is InChI=1S/C12H15FN2O4/c1-8-2-3-9(13)10(6-8)15-12(18)14-4-5-19-7-11(16)17/h2-3,6H,4-5,7H2,1H3,(H,16,17)(H2,14,15,18). The summed E-state index contributed by atoms with van der Waals surface area (Å²) in [7, 11) is 0. The first-order valence-electron chi connectivity index (χ1n) is 5.59. The van der Waals surface area contributed by atoms with E-state index < -0.39 is 24.4 Å². The Morgan fingerprint density at radius 2 is 2.16 bits per heavy atom. The van der Waals surface area contributed by atoms with Gasteiger partial charge in [-0.1, -0.05) is 6.07 Å². The Morgan fingerprint density at radius 3 is 2.84 bits per heavy atom. The van der Waals surface area contributed by atoms with Crippen molar-refractivity contribution in [2.45, 2.75) is 6.92 Å². The minimum absolute atomic E-state index is 0.0655. The molecule has 19 heavy (non-hydrogen) atoms. The summed E-state index contributed by atoms with van der Waals surface area (Å²) in [5.41, 5.74) is 0.908. The van der Waals surface area contributed by atoms with E-state index in [0.29, 0.717) is 0 Å². The molecule has 1 rings (SSSR count). The highest BCUT2D eigenvalue weighted by Crippen LogP contribution is 2.15. The summed E-state index contributed by atoms with van der Waals surface area (Å²) >= 11 is 0. The van der Waals surface area contributed by atoms with Crippen LogP contribution in [0.3, 0.4) is 0 Å². The lowest BCUT2D eigenvalue weighted by atomic mass is 10.2. The molecule has 0 aromatic heterocycles. The summed E-state index contributed by atoms with van der Waals surface area (Å²) in [4.78, 5) is 21.6. The zero-order valence-corrected chi connectivity index (χ0v) is 10.4. The summed E-state index contributed by atoms with van der Waals surface area (Å²) in [6.07, 6.45) is 0. The maximum absolute atomic E-state index is 13.3. The van der Waals surface area contributed by atoms with Crippen molar-refractivity contribution in [3.05, 3.63) is 29.6 Å². The zero-order chi connectivity index (χ0) is 14.3. The van der Waals surface area contributed by atoms with Crippen LogP contribution in [0.2, 0.25) is 0 Å². The van der Waals surface area contributed by atoms with Gasteiger partial charge in [-0.2, -0.15) is 0 Å². The first-order chi connectivity index (χ1) is 8.99. The highest BCUT2D eigenvalue weighted by atomic mass is 19.1. The van der Waals surface area contributed by atoms with Crippen LogP contribution in [-0.2, 0) is 9.53 Å². The number of rotatable bonds is 6. The van der Waals surface area contributed by atoms with Crippen molar-refractivity contribution in [1.82, 2.24) is 5.32 Å². The summed E-state index contributed by atoms with van der Waals surface area (Å²) in [6, 6.07) is 3.79. The molecule has 0 atom stereocenters. The molecule has 0 heterocycles. The van der Waals surface area contributed by atoms with Gasteiger partial charge < -0.3 is 20.5 Å². The summed E-state index contributed by atoms with van der Waals surface area (Å²) in [6.45, 7) is 1.56. The van der Waals surface area contributed by atoms with Crippen molar-refractivity contribution in [2.75, 3.05) is 25.1 Å². The predicted molar refractivity (Wildman–Crippen MR) is 66.6 cm³/mol. The highest BCUT2D eigenvalue weighted by molar-refractivity contribution is 5.89. The van der Waals surface area contributed by atoms with Crippen molar-refractivity contribution in [3.63, 3.8) is 0 Å². The molecule has 6 nitrogen and oxygen atoms in total. The molecule has 0 bridgehead atoms. The predicted octanol–water partition coefficient (Wildman–Crippen LogP) is 1.36. The largest absolute Gasteiger partial charge is 0.480 e. The molecule has 0 aliphatic heterocycles. The maximum atomic E-state index is 13.3. The molecule has 0 spiro atoms. The van der Waals surface area contributed by atoms with Gasteiger partial charge in [0, 0.05) is 6.54 Å². The Morgan fingerprint density at radius 1 is 1.42 bits per heavy atom. The number of carbonyl (C=O) groups is 2. The molecule has 7 heteroatoms. The zero-order valence-electron chi connectivity index (χ0n) is 10.4. The van der Waals surface area contributed by atoms with Gasteiger partial charge >= 0.3 is 12.0 Å². The second kappa shape index (κ2) is 7.32. The van der Waals surface area contributed by atoms with Crippen molar-refractivity contribution < 1.29 is 23.8 Å². The van der Waals surface area contributed by atoms with Gasteiger partial charge in [-0.05, 0) is 24.6 Å². The molecule has 3 N–H and O–H groups in total. The quantitative estimate of drug-likeness (QED) is 0.681. The lowest BCUT2D eigenvalue weighted by molar-refractivity contribution is -0.142. The number of hydrogen-bond acceptors (Lipinski definition) is 3. The van der Waals surface area contributed by atoms with Gasteiger partial charge in [0.2, 0.25) is 0 Å². The number of ether oxygens (including phenoxy) is 1. The molecule has 0 aliphatic carbocycles. The van der Waals surface area contributed by atoms with E-state index in [1.165, 1.54) is 12.1 Å². The average molecular weight is 270 g/mol. The van der Waals surface area contributed by atoms with E-state index in [4.69, 9.17) is 9.84 Å². The van der Waals surface area contributed by atoms with Crippen LogP contribution in [0.4, 0.5) is 14.9 Å². The summed E-state index contributed by atoms with van der Waals surface area (Å²) in [5, 5.41) is 13.1. The van der Waals surface area contributed by atoms with Crippen LogP contribution in [0, 0.1) is 12.7 Å². The first-order valence-corrected chi connectivity index (χ1v) is 5.59. The van der Waals surface area contributed by atoms with Crippen LogP contribution in [0.15, 0.2) is 18.2 Å². The maximum Gasteiger partial charge on any atom is 0.329 e. The summed E-state index contributed by atoms with van der Waals surface area (Å²) < 4.78 is 18.1. The smallest absolute Gasteiger partial charge is 0.329 e. The number of aryl methyl sites for hydroxylation is 1. The Balaban J connectivity index is 2.31. The van der Waals surface area contributed by atoms with Crippen molar-refractivity contribution in [1.29, 1.82) is 0 Å². The third-order valence-corrected chi connectivity index (χ3v) is 2.13. The number of urea groups is 1. The number of carbonyl (C=O) groups excluding carboxylic acids is 1. The Labute approximate surface area is 109 Å². The molecular weight excluding hydrogens is 255 g/mol. The first kappa shape index (κ1) is 14.9. The van der Waals surface area contributed by atoms with E-state index in [-0.39, 0.29) is 18.8 Å². The van der Waals surface area contributed by atoms with Crippen LogP contribution in [-0.4, -0.2) is 36.9 Å². The number of carboxylic acids is 1. The number of halogens is 1. The molecule has 0 radical (unpaired) electrons. The van der Waals surface area contributed by atoms with Gasteiger partial charge in [-0.3, -0.25) is 0 Å². The lowest BCUT2D eigenvalue weighted by Gasteiger charge is -2.09. The molecule has 1 aromatic carbocycles. The molecule has 104 valence electrons. The van der Waals surface area contributed by atoms with E-state index in [0.717, 1.165) is 5.56 Å². The molecule has 0 unspecified atom stereocenters. The van der Waals surface area contributed by atoms with Gasteiger partial charge in [-0.15, -0.1) is 0 Å². The molecule has 0 saturated carbocycles. The molecule has 0 fully saturated rings. The van der Waals surface area contributed by atoms with Crippen LogP contribution >= 0.6 is 0 Å². The molecule has 0 aliphatic rings. The van der Waals surface area contributed by atoms with Gasteiger partial charge in [0.25, 0.3) is 0 Å². The van der Waals surface area contributed by atoms with E-state index >= 15 is 0 Å². The molecule has 0 saturated heterocycles. The molecule has 2 amide bonds. The van der Waals surface area contributed by atoms with Crippen molar-refractivity contribution >= 4 is 17.7 Å². The van der Waals surface area contributed by atoms with Gasteiger partial charge in [-0.25, -0.2) is 14.0 Å². The van der Waals surface area contributed by atoms with E-state index in [1.54, 1.807) is 13.0 Å². The minimum atomic E-state index is -1.08. The normalized spacial score (nSPS) is 10.0. The number of carboxylic acid groups (broad SMARTS) is 1. The van der Waals surface area contributed by atoms with E-state index in [2.05, 4.69) is 10.6 Å². The fourth-order valence-electron chi connectivity index (χ4n) is 1.30. The Hall–Kier alpha value is -2.15. The number of anilines is 1. The minimum Gasteiger partial charge on any atom is -0.480 e. The number of nitrogens with one attached hydrogen (secondary N) is 2. The van der Waals surface area contributed by atoms with Crippen molar-refractivity contribution in [3.8, 4) is 0 Å². The molecular formula is C12H15FN2O4. The third-order valence-electron chi connectivity index (χ3n) is 2.13. The van der Waals surface area contributed by atoms with Gasteiger partial charge in [0.15, 0.2) is 0 Å². The Kier molecular flexibility index (Phi) is 5.74. The van der Waals surface area contributed by atoms with Crippen LogP contribution in [0.25, 0.3) is 0 Å². The van der Waals surface area contributed by atoms with E-state index in [1.807, 2.05) is 0 Å². The number of amides is 2. The topological polar surface area (TPSA) is 87.7 Å². The number of benzene rings is 1. The highest BCUT2D eigenvalue weighted by Gasteiger charge is 2.06. The SMILES string of the molecule is Cc1ccc(F)c(NC(=O)NCCOCC(=O)O)c1. The fraction of sp³-hybridized carbons (Fsp3) is 0.333. The number of hydrogen-bond donors (Lipinski definition) is 3. The average Bonchev–Trinajstić information content (AvgIpc) is 2.33. The van der Waals surface area contributed by atoms with Crippen LogP contribution in [0.1, 0.15) is 5.56 Å². The second-order valence-corrected chi connectivity index (χ2v) is 3.81. The summed E-state index contributed by atoms with van der Waals surface area (Å²) in [5.74, 6) is -1.60. The lowest BCUT2D eigenvalue weighted by Crippen LogP contribution is -2.32. The van der Waals surface area contributed by atoms with Crippen LogP contribution < -0.4 is 10.6 Å². The second-order valence-electron chi connectivity index (χ2n) is 3.81. The van der Waals surface area contributed by atoms with Crippen LogP contribution in [0.5, 0.6) is 0 Å². The van der Waals surface area contributed by atoms with E-state index in [9.17, 15) is 14.0 Å². The monoisotopic (exact) mass is 270 g/mol. The molecule has 1 aromatic rings. The Bertz CT molecular complexity index is 465. The van der Waals surface area contributed by atoms with Crippen molar-refractivity contribution in [2.24, 2.45) is 0 Å². The van der Waals surface area contributed by atoms with Gasteiger partial charge in [0.05, 0.1) is 12.3 Å². The third kappa shape index (κ3) is 5.82. The number of aliphatic carboxylic acids is 1. The van der Waals surface area contributed by atoms with Gasteiger partial charge in [0.1, 0.15) is 12.4 Å².